The number of aromatic amines is 2. The Balaban J connectivity index is 0.751. The lowest BCUT2D eigenvalue weighted by Crippen LogP contribution is -2.27. The SMILES string of the molecule is NCCOCCOCCOCCOCCOCCOCCOCCOCCOCCOCCOCCNC(=O)c1ccc(-c2c3nc(c(-c4ccc(C(=O)O)cc4)c4ccc([nH]4)c(-c4ccc(C(=O)O)cc4)c4nc(c(-c5ccc(C(=O)O)cc5)c5ccc2[nH]5)C=C4)C=C3)cc1. The summed E-state index contributed by atoms with van der Waals surface area (Å²) >= 11 is 0. The fourth-order valence-corrected chi connectivity index (χ4v) is 10.3. The Labute approximate surface area is 554 Å². The van der Waals surface area contributed by atoms with E-state index in [0.717, 1.165) is 5.56 Å². The Morgan fingerprint density at radius 1 is 0.312 bits per heavy atom. The summed E-state index contributed by atoms with van der Waals surface area (Å²) in [5, 5.41) is 32.4. The van der Waals surface area contributed by atoms with Crippen molar-refractivity contribution in [1.82, 2.24) is 25.3 Å². The summed E-state index contributed by atoms with van der Waals surface area (Å²) in [6, 6.07) is 34.5. The first-order chi connectivity index (χ1) is 47.1. The molecule has 24 nitrogen and oxygen atoms in total. The highest BCUT2D eigenvalue weighted by molar-refractivity contribution is 6.01. The largest absolute Gasteiger partial charge is 0.478 e. The Hall–Kier alpha value is -9.12. The van der Waals surface area contributed by atoms with Crippen LogP contribution in [0.15, 0.2) is 121 Å². The third-order valence-corrected chi connectivity index (χ3v) is 15.0. The zero-order valence-electron chi connectivity index (χ0n) is 53.3. The molecule has 0 atom stereocenters. The van der Waals surface area contributed by atoms with Crippen LogP contribution in [-0.2, 0) is 52.1 Å². The number of carbonyl (C=O) groups excluding carboxylic acids is 1. The molecule has 0 spiro atoms. The predicted molar refractivity (Wildman–Crippen MR) is 362 cm³/mol. The van der Waals surface area contributed by atoms with E-state index in [1.54, 1.807) is 48.5 Å². The Morgan fingerprint density at radius 3 is 0.760 bits per heavy atom. The number of nitrogens with one attached hydrogen (secondary N) is 3. The van der Waals surface area contributed by atoms with Gasteiger partial charge in [0.05, 0.1) is 185 Å². The minimum atomic E-state index is -1.07. The summed E-state index contributed by atoms with van der Waals surface area (Å²) in [5.41, 5.74) is 16.5. The van der Waals surface area contributed by atoms with Crippen LogP contribution in [-0.4, -0.2) is 218 Å². The van der Waals surface area contributed by atoms with Crippen LogP contribution in [0.25, 0.3) is 90.9 Å². The van der Waals surface area contributed by atoms with Crippen LogP contribution < -0.4 is 11.1 Å². The van der Waals surface area contributed by atoms with Crippen LogP contribution in [0.2, 0.25) is 0 Å². The zero-order chi connectivity index (χ0) is 67.1. The molecule has 5 heterocycles. The van der Waals surface area contributed by atoms with Crippen LogP contribution in [0.1, 0.15) is 64.2 Å². The van der Waals surface area contributed by atoms with Crippen LogP contribution in [0.5, 0.6) is 0 Å². The standard InChI is InChI=1S/C72H80N6O18/c73-25-27-86-29-31-88-33-35-90-37-39-92-41-43-94-45-47-96-48-46-95-44-42-93-40-38-91-36-34-89-32-30-87-28-26-74-69(79)53-9-1-49(2-10-53)65-57-17-19-59(75-57)66(50-3-11-54(12-4-50)70(80)81)61-21-23-63(77-61)68(52-7-15-56(16-8-52)72(84)85)64-24-22-62(78-64)67(60-20-18-58(65)76-60)51-5-13-55(14-6-51)71(82)83/h1-24,75,78H,25-48,73H2,(H,74,79)(H,80,81)(H,82,83)(H,84,85). The number of H-pyrrole nitrogens is 2. The first kappa shape index (κ1) is 71.2. The summed E-state index contributed by atoms with van der Waals surface area (Å²) < 4.78 is 60.7. The maximum Gasteiger partial charge on any atom is 0.335 e. The number of aromatic nitrogens is 4. The molecule has 0 fully saturated rings. The Bertz CT molecular complexity index is 3830. The molecule has 0 saturated heterocycles. The number of nitrogens with zero attached hydrogens (tertiary/aromatic N) is 2. The van der Waals surface area contributed by atoms with Gasteiger partial charge in [-0.3, -0.25) is 4.79 Å². The highest BCUT2D eigenvalue weighted by Crippen LogP contribution is 2.39. The molecule has 2 aliphatic rings. The maximum absolute atomic E-state index is 13.5. The van der Waals surface area contributed by atoms with Crippen LogP contribution >= 0.6 is 0 Å². The number of carboxylic acid groups (broad SMARTS) is 3. The van der Waals surface area contributed by atoms with E-state index in [9.17, 15) is 34.5 Å². The lowest BCUT2D eigenvalue weighted by atomic mass is 10.0. The number of amides is 1. The number of hydrogen-bond acceptors (Lipinski definition) is 18. The molecular weight excluding hydrogens is 1240 g/mol. The van der Waals surface area contributed by atoms with Gasteiger partial charge < -0.3 is 88.4 Å². The van der Waals surface area contributed by atoms with Gasteiger partial charge in [-0.2, -0.15) is 0 Å². The maximum atomic E-state index is 13.5. The van der Waals surface area contributed by atoms with E-state index in [1.165, 1.54) is 36.4 Å². The van der Waals surface area contributed by atoms with Gasteiger partial charge in [0, 0.05) is 63.0 Å². The lowest BCUT2D eigenvalue weighted by Gasteiger charge is -2.09. The van der Waals surface area contributed by atoms with Gasteiger partial charge in [0.1, 0.15) is 0 Å². The van der Waals surface area contributed by atoms with Gasteiger partial charge in [0.2, 0.25) is 0 Å². The summed E-state index contributed by atoms with van der Waals surface area (Å²) in [5.74, 6) is -3.50. The van der Waals surface area contributed by atoms with E-state index in [4.69, 9.17) is 67.8 Å². The molecule has 506 valence electrons. The molecular formula is C72H80N6O18. The summed E-state index contributed by atoms with van der Waals surface area (Å²) in [7, 11) is 0. The molecule has 4 aromatic carbocycles. The van der Waals surface area contributed by atoms with E-state index in [2.05, 4.69) is 15.3 Å². The van der Waals surface area contributed by atoms with Crippen molar-refractivity contribution < 1.29 is 86.6 Å². The van der Waals surface area contributed by atoms with Gasteiger partial charge in [0.25, 0.3) is 5.91 Å². The first-order valence-electron chi connectivity index (χ1n) is 31.7. The van der Waals surface area contributed by atoms with E-state index >= 15 is 0 Å². The second kappa shape index (κ2) is 38.4. The van der Waals surface area contributed by atoms with Gasteiger partial charge in [-0.05, 0) is 119 Å². The smallest absolute Gasteiger partial charge is 0.335 e. The topological polar surface area (TPSA) is 326 Å². The highest BCUT2D eigenvalue weighted by atomic mass is 16.6. The molecule has 8 bridgehead atoms. The highest BCUT2D eigenvalue weighted by Gasteiger charge is 2.21. The van der Waals surface area contributed by atoms with Crippen molar-refractivity contribution in [1.29, 1.82) is 0 Å². The Morgan fingerprint density at radius 2 is 0.531 bits per heavy atom. The molecule has 8 N–H and O–H groups in total. The zero-order valence-corrected chi connectivity index (χ0v) is 53.3. The van der Waals surface area contributed by atoms with E-state index in [1.807, 2.05) is 60.7 Å². The minimum absolute atomic E-state index is 0.111. The number of aromatic carboxylic acids is 3. The average Bonchev–Trinajstić information content (AvgIpc) is 1.61. The molecule has 0 saturated carbocycles. The van der Waals surface area contributed by atoms with Gasteiger partial charge in [-0.25, -0.2) is 24.4 Å². The predicted octanol–water partition coefficient (Wildman–Crippen LogP) is 9.29. The molecule has 3 aromatic heterocycles. The number of ether oxygens (including phenoxy) is 11. The average molecular weight is 1320 g/mol. The van der Waals surface area contributed by atoms with Crippen molar-refractivity contribution in [2.45, 2.75) is 0 Å². The molecule has 1 amide bonds. The quantitative estimate of drug-likeness (QED) is 0.0175. The van der Waals surface area contributed by atoms with Crippen molar-refractivity contribution in [2.75, 3.05) is 158 Å². The summed E-state index contributed by atoms with van der Waals surface area (Å²) in [4.78, 5) is 67.3. The second-order valence-corrected chi connectivity index (χ2v) is 21.5. The van der Waals surface area contributed by atoms with Crippen molar-refractivity contribution >= 4 is 70.2 Å². The third kappa shape index (κ3) is 21.2. The van der Waals surface area contributed by atoms with Gasteiger partial charge in [0.15, 0.2) is 0 Å². The molecule has 24 heteroatoms. The number of hydrogen-bond donors (Lipinski definition) is 7. The number of benzene rings is 4. The lowest BCUT2D eigenvalue weighted by molar-refractivity contribution is -0.0274. The molecule has 96 heavy (non-hydrogen) atoms. The van der Waals surface area contributed by atoms with Crippen molar-refractivity contribution in [3.63, 3.8) is 0 Å². The number of carbonyl (C=O) groups is 4. The minimum Gasteiger partial charge on any atom is -0.478 e. The number of carboxylic acids is 3. The van der Waals surface area contributed by atoms with Crippen molar-refractivity contribution in [2.24, 2.45) is 5.73 Å². The monoisotopic (exact) mass is 1320 g/mol. The Kier molecular flexibility index (Phi) is 28.5. The normalized spacial score (nSPS) is 11.8. The van der Waals surface area contributed by atoms with Crippen LogP contribution in [0.4, 0.5) is 0 Å². The summed E-state index contributed by atoms with van der Waals surface area (Å²) in [6.07, 6.45) is 7.56. The fraction of sp³-hybridized carbons (Fsp3) is 0.333. The second-order valence-electron chi connectivity index (χ2n) is 21.5. The van der Waals surface area contributed by atoms with Crippen molar-refractivity contribution in [3.8, 4) is 44.5 Å². The number of rotatable bonds is 43. The molecule has 2 aliphatic heterocycles. The van der Waals surface area contributed by atoms with Crippen molar-refractivity contribution in [3.05, 3.63) is 166 Å². The molecule has 9 rings (SSSR count). The van der Waals surface area contributed by atoms with Gasteiger partial charge >= 0.3 is 17.9 Å². The molecule has 0 radical (unpaired) electrons. The van der Waals surface area contributed by atoms with E-state index in [0.29, 0.717) is 235 Å². The fourth-order valence-electron chi connectivity index (χ4n) is 10.3. The molecule has 7 aromatic rings. The number of fused-ring (bicyclic) bond motifs is 8. The third-order valence-electron chi connectivity index (χ3n) is 15.0. The van der Waals surface area contributed by atoms with Gasteiger partial charge in [-0.1, -0.05) is 48.5 Å². The van der Waals surface area contributed by atoms with Crippen LogP contribution in [0.3, 0.4) is 0 Å². The first-order valence-corrected chi connectivity index (χ1v) is 31.7. The van der Waals surface area contributed by atoms with E-state index in [-0.39, 0.29) is 35.7 Å². The number of nitrogens with two attached hydrogens (primary N) is 1. The van der Waals surface area contributed by atoms with E-state index < -0.39 is 17.9 Å². The molecule has 0 aliphatic carbocycles. The van der Waals surface area contributed by atoms with Gasteiger partial charge in [-0.15, -0.1) is 0 Å². The van der Waals surface area contributed by atoms with Crippen LogP contribution in [0, 0.1) is 0 Å². The molecule has 0 unspecified atom stereocenters. The summed E-state index contributed by atoms with van der Waals surface area (Å²) in [6.45, 7) is 10.6.